The second-order valence-corrected chi connectivity index (χ2v) is 5.50. The fraction of sp³-hybridized carbons (Fsp3) is 0.333. The molecule has 0 saturated carbocycles. The predicted octanol–water partition coefficient (Wildman–Crippen LogP) is 2.30. The molecule has 1 aromatic heterocycles. The Morgan fingerprint density at radius 3 is 2.74 bits per heavy atom. The fourth-order valence-corrected chi connectivity index (χ4v) is 2.34. The first-order valence-electron chi connectivity index (χ1n) is 7.03. The van der Waals surface area contributed by atoms with E-state index in [1.54, 1.807) is 18.3 Å². The minimum atomic E-state index is -0.727. The quantitative estimate of drug-likeness (QED) is 0.704. The summed E-state index contributed by atoms with van der Waals surface area (Å²) < 4.78 is 11.3. The third-order valence-electron chi connectivity index (χ3n) is 2.98. The zero-order chi connectivity index (χ0) is 16.7. The average Bonchev–Trinajstić information content (AvgIpc) is 2.56. The number of ether oxygens (including phenoxy) is 2. The monoisotopic (exact) mass is 356 g/mol. The normalized spacial score (nSPS) is 13.7. The lowest BCUT2D eigenvalue weighted by Crippen LogP contribution is -2.30. The van der Waals surface area contributed by atoms with Gasteiger partial charge in [0.05, 0.1) is 22.3 Å². The second kappa shape index (κ2) is 9.12. The molecule has 2 unspecified atom stereocenters. The largest absolute Gasteiger partial charge is 0.346 e. The molecule has 0 aliphatic heterocycles. The summed E-state index contributed by atoms with van der Waals surface area (Å²) in [7, 11) is 0. The Labute approximate surface area is 144 Å². The lowest BCUT2D eigenvalue weighted by Gasteiger charge is -2.22. The number of aromatic nitrogens is 2. The zero-order valence-corrected chi connectivity index (χ0v) is 13.9. The van der Waals surface area contributed by atoms with Crippen molar-refractivity contribution in [1.82, 2.24) is 9.97 Å². The molecule has 1 heterocycles. The summed E-state index contributed by atoms with van der Waals surface area (Å²) in [6, 6.07) is 7.06. The summed E-state index contributed by atoms with van der Waals surface area (Å²) in [4.78, 5) is 7.99. The summed E-state index contributed by atoms with van der Waals surface area (Å²) in [6.45, 7) is 0.680. The maximum atomic E-state index is 6.16. The molecule has 0 fully saturated rings. The molecule has 6 nitrogen and oxygen atoms in total. The minimum absolute atomic E-state index is 0.319. The van der Waals surface area contributed by atoms with Crippen molar-refractivity contribution in [1.29, 1.82) is 0 Å². The van der Waals surface area contributed by atoms with E-state index in [0.717, 1.165) is 5.56 Å². The smallest absolute Gasteiger partial charge is 0.202 e. The van der Waals surface area contributed by atoms with E-state index >= 15 is 0 Å². The van der Waals surface area contributed by atoms with E-state index in [-0.39, 0.29) is 0 Å². The van der Waals surface area contributed by atoms with Gasteiger partial charge in [0, 0.05) is 19.2 Å². The van der Waals surface area contributed by atoms with Crippen LogP contribution in [0.4, 0.5) is 0 Å². The number of hydrogen-bond acceptors (Lipinski definition) is 6. The molecular weight excluding hydrogens is 339 g/mol. The molecular formula is C15H18Cl2N4O2. The molecule has 2 rings (SSSR count). The van der Waals surface area contributed by atoms with Crippen molar-refractivity contribution in [2.24, 2.45) is 11.5 Å². The van der Waals surface area contributed by atoms with Crippen molar-refractivity contribution in [2.75, 3.05) is 13.2 Å². The van der Waals surface area contributed by atoms with E-state index in [1.165, 1.54) is 6.33 Å². The molecule has 4 N–H and O–H groups in total. The Bertz CT molecular complexity index is 616. The van der Waals surface area contributed by atoms with E-state index in [2.05, 4.69) is 9.97 Å². The predicted molar refractivity (Wildman–Crippen MR) is 89.0 cm³/mol. The molecule has 1 aromatic carbocycles. The van der Waals surface area contributed by atoms with Crippen LogP contribution in [0.1, 0.15) is 17.5 Å². The minimum Gasteiger partial charge on any atom is -0.346 e. The number of nitrogens with two attached hydrogens (primary N) is 2. The molecule has 0 saturated heterocycles. The molecule has 2 atom stereocenters. The van der Waals surface area contributed by atoms with Gasteiger partial charge in [0.15, 0.2) is 0 Å². The Morgan fingerprint density at radius 2 is 2.04 bits per heavy atom. The van der Waals surface area contributed by atoms with Crippen LogP contribution in [0.25, 0.3) is 0 Å². The summed E-state index contributed by atoms with van der Waals surface area (Å²) in [5, 5.41) is 0.942. The summed E-state index contributed by atoms with van der Waals surface area (Å²) in [5.74, 6) is 0. The van der Waals surface area contributed by atoms with Gasteiger partial charge in [-0.15, -0.1) is 0 Å². The van der Waals surface area contributed by atoms with Crippen LogP contribution in [0.15, 0.2) is 36.8 Å². The van der Waals surface area contributed by atoms with Crippen LogP contribution in [-0.4, -0.2) is 29.3 Å². The van der Waals surface area contributed by atoms with E-state index in [0.29, 0.717) is 35.3 Å². The van der Waals surface area contributed by atoms with Crippen molar-refractivity contribution < 1.29 is 9.47 Å². The first-order chi connectivity index (χ1) is 11.1. The van der Waals surface area contributed by atoms with Gasteiger partial charge >= 0.3 is 0 Å². The van der Waals surface area contributed by atoms with Gasteiger partial charge < -0.3 is 20.9 Å². The van der Waals surface area contributed by atoms with Gasteiger partial charge in [-0.25, -0.2) is 9.97 Å². The lowest BCUT2D eigenvalue weighted by molar-refractivity contribution is -0.174. The average molecular weight is 357 g/mol. The van der Waals surface area contributed by atoms with Crippen LogP contribution in [-0.2, 0) is 15.9 Å². The van der Waals surface area contributed by atoms with Crippen LogP contribution >= 0.6 is 23.2 Å². The van der Waals surface area contributed by atoms with Crippen molar-refractivity contribution in [3.63, 3.8) is 0 Å². The molecule has 0 spiro atoms. The van der Waals surface area contributed by atoms with E-state index in [4.69, 9.17) is 44.1 Å². The Hall–Kier alpha value is -1.28. The number of rotatable bonds is 8. The molecule has 0 bridgehead atoms. The van der Waals surface area contributed by atoms with Crippen molar-refractivity contribution in [3.05, 3.63) is 58.1 Å². The van der Waals surface area contributed by atoms with Gasteiger partial charge in [-0.1, -0.05) is 35.3 Å². The molecule has 2 aromatic rings. The fourth-order valence-electron chi connectivity index (χ4n) is 1.94. The molecule has 8 heteroatoms. The van der Waals surface area contributed by atoms with Crippen LogP contribution in [0.5, 0.6) is 0 Å². The first-order valence-corrected chi connectivity index (χ1v) is 7.79. The van der Waals surface area contributed by atoms with Crippen molar-refractivity contribution in [2.45, 2.75) is 18.9 Å². The molecule has 0 amide bonds. The summed E-state index contributed by atoms with van der Waals surface area (Å²) in [6.07, 6.45) is 2.02. The van der Waals surface area contributed by atoms with Gasteiger partial charge in [0.2, 0.25) is 6.29 Å². The zero-order valence-electron chi connectivity index (χ0n) is 12.4. The SMILES string of the molecule is NCCOC(OC(N)Cc1cccc(Cl)c1Cl)c1ccncn1. The van der Waals surface area contributed by atoms with Crippen LogP contribution in [0, 0.1) is 0 Å². The highest BCUT2D eigenvalue weighted by Gasteiger charge is 2.19. The molecule has 0 aliphatic rings. The van der Waals surface area contributed by atoms with Gasteiger partial charge in [-0.3, -0.25) is 0 Å². The third-order valence-corrected chi connectivity index (χ3v) is 3.84. The highest BCUT2D eigenvalue weighted by atomic mass is 35.5. The highest BCUT2D eigenvalue weighted by Crippen LogP contribution is 2.27. The second-order valence-electron chi connectivity index (χ2n) is 4.72. The van der Waals surface area contributed by atoms with E-state index in [9.17, 15) is 0 Å². The summed E-state index contributed by atoms with van der Waals surface area (Å²) in [5.41, 5.74) is 12.9. The molecule has 23 heavy (non-hydrogen) atoms. The lowest BCUT2D eigenvalue weighted by atomic mass is 10.1. The van der Waals surface area contributed by atoms with Gasteiger partial charge in [0.25, 0.3) is 0 Å². The standard InChI is InChI=1S/C15H18Cl2N4O2/c16-11-3-1-2-10(14(11)17)8-13(19)23-15(22-7-5-18)12-4-6-20-9-21-12/h1-4,6,9,13,15H,5,7-8,18-19H2. The Balaban J connectivity index is 2.05. The maximum Gasteiger partial charge on any atom is 0.202 e. The van der Waals surface area contributed by atoms with Crippen LogP contribution < -0.4 is 11.5 Å². The van der Waals surface area contributed by atoms with Gasteiger partial charge in [-0.2, -0.15) is 0 Å². The van der Waals surface area contributed by atoms with Gasteiger partial charge in [0.1, 0.15) is 12.6 Å². The molecule has 0 radical (unpaired) electrons. The van der Waals surface area contributed by atoms with Crippen molar-refractivity contribution >= 4 is 23.2 Å². The maximum absolute atomic E-state index is 6.16. The Kier molecular flexibility index (Phi) is 7.16. The number of benzene rings is 1. The van der Waals surface area contributed by atoms with Crippen LogP contribution in [0.2, 0.25) is 10.0 Å². The van der Waals surface area contributed by atoms with Gasteiger partial charge in [-0.05, 0) is 17.7 Å². The molecule has 0 aliphatic carbocycles. The van der Waals surface area contributed by atoms with E-state index < -0.39 is 12.5 Å². The first kappa shape index (κ1) is 18.1. The highest BCUT2D eigenvalue weighted by molar-refractivity contribution is 6.42. The third kappa shape index (κ3) is 5.39. The van der Waals surface area contributed by atoms with E-state index in [1.807, 2.05) is 12.1 Å². The van der Waals surface area contributed by atoms with Crippen molar-refractivity contribution in [3.8, 4) is 0 Å². The topological polar surface area (TPSA) is 96.3 Å². The molecule has 124 valence electrons. The number of nitrogens with zero attached hydrogens (tertiary/aromatic N) is 2. The number of halogens is 2. The van der Waals surface area contributed by atoms with Crippen LogP contribution in [0.3, 0.4) is 0 Å². The number of hydrogen-bond donors (Lipinski definition) is 2. The Morgan fingerprint density at radius 1 is 1.22 bits per heavy atom. The summed E-state index contributed by atoms with van der Waals surface area (Å²) >= 11 is 12.2.